The SMILES string of the molecule is Cn1cccc1-c1cccc(C(=O)NCC(O)CN2CCc3ccccc3C2)c1. The summed E-state index contributed by atoms with van der Waals surface area (Å²) in [6.45, 7) is 2.57. The average molecular weight is 389 g/mol. The van der Waals surface area contributed by atoms with Crippen LogP contribution in [0.25, 0.3) is 11.3 Å². The van der Waals surface area contributed by atoms with Gasteiger partial charge in [0, 0.05) is 50.7 Å². The highest BCUT2D eigenvalue weighted by Gasteiger charge is 2.19. The van der Waals surface area contributed by atoms with E-state index in [9.17, 15) is 9.90 Å². The van der Waals surface area contributed by atoms with Crippen molar-refractivity contribution in [3.05, 3.63) is 83.6 Å². The van der Waals surface area contributed by atoms with Crippen molar-refractivity contribution in [2.75, 3.05) is 19.6 Å². The number of carbonyl (C=O) groups is 1. The summed E-state index contributed by atoms with van der Waals surface area (Å²) in [6, 6.07) is 20.0. The first kappa shape index (κ1) is 19.4. The van der Waals surface area contributed by atoms with E-state index in [2.05, 4.69) is 34.5 Å². The number of aliphatic hydroxyl groups excluding tert-OH is 1. The lowest BCUT2D eigenvalue weighted by atomic mass is 10.00. The van der Waals surface area contributed by atoms with E-state index < -0.39 is 6.10 Å². The van der Waals surface area contributed by atoms with Crippen molar-refractivity contribution in [2.45, 2.75) is 19.1 Å². The van der Waals surface area contributed by atoms with Gasteiger partial charge in [-0.2, -0.15) is 0 Å². The molecule has 1 aliphatic heterocycles. The molecule has 1 aliphatic rings. The molecule has 0 saturated carbocycles. The summed E-state index contributed by atoms with van der Waals surface area (Å²) in [5, 5.41) is 13.3. The number of hydrogen-bond acceptors (Lipinski definition) is 3. The molecular formula is C24H27N3O2. The lowest BCUT2D eigenvalue weighted by Gasteiger charge is -2.30. The average Bonchev–Trinajstić information content (AvgIpc) is 3.18. The predicted molar refractivity (Wildman–Crippen MR) is 115 cm³/mol. The van der Waals surface area contributed by atoms with E-state index in [1.54, 1.807) is 6.07 Å². The fraction of sp³-hybridized carbons (Fsp3) is 0.292. The number of aromatic nitrogens is 1. The van der Waals surface area contributed by atoms with Crippen molar-refractivity contribution in [3.63, 3.8) is 0 Å². The molecule has 2 N–H and O–H groups in total. The Morgan fingerprint density at radius 2 is 1.93 bits per heavy atom. The van der Waals surface area contributed by atoms with Crippen LogP contribution in [-0.4, -0.2) is 46.2 Å². The van der Waals surface area contributed by atoms with Gasteiger partial charge >= 0.3 is 0 Å². The monoisotopic (exact) mass is 389 g/mol. The van der Waals surface area contributed by atoms with Crippen LogP contribution in [0.3, 0.4) is 0 Å². The Labute approximate surface area is 171 Å². The van der Waals surface area contributed by atoms with Gasteiger partial charge < -0.3 is 15.0 Å². The third-order valence-electron chi connectivity index (χ3n) is 5.54. The molecule has 150 valence electrons. The van der Waals surface area contributed by atoms with Crippen LogP contribution in [0, 0.1) is 0 Å². The summed E-state index contributed by atoms with van der Waals surface area (Å²) in [7, 11) is 1.98. The Morgan fingerprint density at radius 1 is 1.10 bits per heavy atom. The molecule has 0 fully saturated rings. The Kier molecular flexibility index (Phi) is 5.79. The van der Waals surface area contributed by atoms with E-state index >= 15 is 0 Å². The van der Waals surface area contributed by atoms with E-state index in [0.29, 0.717) is 12.1 Å². The molecule has 29 heavy (non-hydrogen) atoms. The molecule has 1 amide bonds. The molecule has 2 heterocycles. The van der Waals surface area contributed by atoms with Crippen LogP contribution in [0.15, 0.2) is 66.9 Å². The van der Waals surface area contributed by atoms with Crippen LogP contribution in [0.1, 0.15) is 21.5 Å². The van der Waals surface area contributed by atoms with Gasteiger partial charge in [0.05, 0.1) is 6.10 Å². The van der Waals surface area contributed by atoms with Gasteiger partial charge in [0.2, 0.25) is 0 Å². The molecule has 0 aliphatic carbocycles. The van der Waals surface area contributed by atoms with Crippen LogP contribution in [0.4, 0.5) is 0 Å². The number of nitrogens with zero attached hydrogens (tertiary/aromatic N) is 2. The number of β-amino-alcohol motifs (C(OH)–C–C–N with tert-alkyl or cyclic N) is 1. The predicted octanol–water partition coefficient (Wildman–Crippen LogP) is 2.84. The summed E-state index contributed by atoms with van der Waals surface area (Å²) in [6.07, 6.45) is 2.39. The second-order valence-electron chi connectivity index (χ2n) is 7.70. The van der Waals surface area contributed by atoms with E-state index in [4.69, 9.17) is 0 Å². The van der Waals surface area contributed by atoms with Gasteiger partial charge in [0.25, 0.3) is 5.91 Å². The molecule has 0 spiro atoms. The number of hydrogen-bond donors (Lipinski definition) is 2. The van der Waals surface area contributed by atoms with Gasteiger partial charge in [-0.1, -0.05) is 36.4 Å². The number of aryl methyl sites for hydroxylation is 1. The number of amides is 1. The van der Waals surface area contributed by atoms with E-state index in [-0.39, 0.29) is 12.5 Å². The zero-order valence-electron chi connectivity index (χ0n) is 16.7. The lowest BCUT2D eigenvalue weighted by Crippen LogP contribution is -2.42. The van der Waals surface area contributed by atoms with Crippen molar-refractivity contribution in [3.8, 4) is 11.3 Å². The molecule has 1 unspecified atom stereocenters. The first-order valence-electron chi connectivity index (χ1n) is 10.1. The molecule has 1 atom stereocenters. The zero-order chi connectivity index (χ0) is 20.2. The quantitative estimate of drug-likeness (QED) is 0.682. The van der Waals surface area contributed by atoms with E-state index in [1.165, 1.54) is 11.1 Å². The van der Waals surface area contributed by atoms with Gasteiger partial charge in [-0.3, -0.25) is 9.69 Å². The minimum absolute atomic E-state index is 0.163. The number of carbonyl (C=O) groups excluding carboxylic acids is 1. The maximum absolute atomic E-state index is 12.6. The first-order valence-corrected chi connectivity index (χ1v) is 10.1. The van der Waals surface area contributed by atoms with Crippen molar-refractivity contribution in [2.24, 2.45) is 7.05 Å². The molecule has 2 aromatic carbocycles. The number of benzene rings is 2. The molecule has 0 bridgehead atoms. The molecule has 5 heteroatoms. The second-order valence-corrected chi connectivity index (χ2v) is 7.70. The van der Waals surface area contributed by atoms with Gasteiger partial charge in [-0.25, -0.2) is 0 Å². The third-order valence-corrected chi connectivity index (χ3v) is 5.54. The summed E-state index contributed by atoms with van der Waals surface area (Å²) in [4.78, 5) is 14.8. The van der Waals surface area contributed by atoms with Crippen molar-refractivity contribution in [1.82, 2.24) is 14.8 Å². The molecule has 1 aromatic heterocycles. The van der Waals surface area contributed by atoms with E-state index in [1.807, 2.05) is 48.1 Å². The van der Waals surface area contributed by atoms with Gasteiger partial charge in [0.15, 0.2) is 0 Å². The second kappa shape index (κ2) is 8.64. The van der Waals surface area contributed by atoms with Crippen molar-refractivity contribution < 1.29 is 9.90 Å². The summed E-state index contributed by atoms with van der Waals surface area (Å²) in [5.41, 5.74) is 5.38. The van der Waals surface area contributed by atoms with Crippen LogP contribution < -0.4 is 5.32 Å². The Bertz CT molecular complexity index is 995. The molecule has 4 rings (SSSR count). The highest BCUT2D eigenvalue weighted by molar-refractivity contribution is 5.95. The summed E-state index contributed by atoms with van der Waals surface area (Å²) >= 11 is 0. The Balaban J connectivity index is 1.31. The highest BCUT2D eigenvalue weighted by atomic mass is 16.3. The maximum atomic E-state index is 12.6. The lowest BCUT2D eigenvalue weighted by molar-refractivity contribution is 0.0842. The van der Waals surface area contributed by atoms with Crippen molar-refractivity contribution in [1.29, 1.82) is 0 Å². The zero-order valence-corrected chi connectivity index (χ0v) is 16.7. The molecule has 0 saturated heterocycles. The normalized spacial score (nSPS) is 15.0. The van der Waals surface area contributed by atoms with Gasteiger partial charge in [0.1, 0.15) is 0 Å². The van der Waals surface area contributed by atoms with Crippen LogP contribution in [0.2, 0.25) is 0 Å². The molecule has 0 radical (unpaired) electrons. The van der Waals surface area contributed by atoms with E-state index in [0.717, 1.165) is 30.8 Å². The van der Waals surface area contributed by atoms with Gasteiger partial charge in [-0.15, -0.1) is 0 Å². The van der Waals surface area contributed by atoms with Crippen molar-refractivity contribution >= 4 is 5.91 Å². The van der Waals surface area contributed by atoms with Gasteiger partial charge in [-0.05, 0) is 47.4 Å². The minimum atomic E-state index is -0.597. The minimum Gasteiger partial charge on any atom is -0.390 e. The summed E-state index contributed by atoms with van der Waals surface area (Å²) < 4.78 is 2.03. The molecule has 5 nitrogen and oxygen atoms in total. The molecule has 3 aromatic rings. The number of aliphatic hydroxyl groups is 1. The maximum Gasteiger partial charge on any atom is 0.251 e. The van der Waals surface area contributed by atoms with Crippen LogP contribution >= 0.6 is 0 Å². The van der Waals surface area contributed by atoms with Crippen LogP contribution in [-0.2, 0) is 20.0 Å². The number of fused-ring (bicyclic) bond motifs is 1. The standard InChI is InChI=1S/C24H27N3O2/c1-26-12-5-10-23(26)19-8-4-9-20(14-19)24(29)25-15-22(28)17-27-13-11-18-6-2-3-7-21(18)16-27/h2-10,12,14,22,28H,11,13,15-17H2,1H3,(H,25,29). The Hall–Kier alpha value is -2.89. The summed E-state index contributed by atoms with van der Waals surface area (Å²) in [5.74, 6) is -0.163. The topological polar surface area (TPSA) is 57.5 Å². The molecular weight excluding hydrogens is 362 g/mol. The largest absolute Gasteiger partial charge is 0.390 e. The fourth-order valence-corrected chi connectivity index (χ4v) is 3.97. The fourth-order valence-electron chi connectivity index (χ4n) is 3.97. The first-order chi connectivity index (χ1) is 14.1. The smallest absolute Gasteiger partial charge is 0.251 e. The number of rotatable bonds is 6. The number of nitrogens with one attached hydrogen (secondary N) is 1. The highest BCUT2D eigenvalue weighted by Crippen LogP contribution is 2.21. The van der Waals surface area contributed by atoms with Crippen LogP contribution in [0.5, 0.6) is 0 Å². The third kappa shape index (κ3) is 4.58. The Morgan fingerprint density at radius 3 is 2.72 bits per heavy atom.